The van der Waals surface area contributed by atoms with E-state index in [1.54, 1.807) is 22.7 Å². The van der Waals surface area contributed by atoms with Crippen molar-refractivity contribution in [2.45, 2.75) is 13.3 Å². The van der Waals surface area contributed by atoms with Gasteiger partial charge in [0.15, 0.2) is 0 Å². The molecule has 1 fully saturated rings. The Hall–Kier alpha value is -2.15. The summed E-state index contributed by atoms with van der Waals surface area (Å²) in [6, 6.07) is 9.30. The molecule has 2 aromatic rings. The maximum absolute atomic E-state index is 12.6. The first-order valence-electron chi connectivity index (χ1n) is 7.34. The second kappa shape index (κ2) is 6.16. The molecule has 1 aromatic carbocycles. The molecule has 1 aromatic heterocycles. The Balaban J connectivity index is 1.73. The Morgan fingerprint density at radius 3 is 2.83 bits per heavy atom. The molecule has 0 saturated carbocycles. The van der Waals surface area contributed by atoms with Gasteiger partial charge in [-0.1, -0.05) is 22.0 Å². The summed E-state index contributed by atoms with van der Waals surface area (Å²) in [5.74, 6) is -0.514. The number of hydrogen-bond donors (Lipinski definition) is 1. The molecule has 1 unspecified atom stereocenters. The van der Waals surface area contributed by atoms with Gasteiger partial charge in [-0.3, -0.25) is 14.3 Å². The summed E-state index contributed by atoms with van der Waals surface area (Å²) in [4.78, 5) is 26.6. The summed E-state index contributed by atoms with van der Waals surface area (Å²) in [5, 5.41) is 6.97. The van der Waals surface area contributed by atoms with Gasteiger partial charge in [-0.25, -0.2) is 0 Å². The lowest BCUT2D eigenvalue weighted by Crippen LogP contribution is -2.33. The van der Waals surface area contributed by atoms with E-state index < -0.39 is 5.92 Å². The Kier molecular flexibility index (Phi) is 4.21. The van der Waals surface area contributed by atoms with Crippen LogP contribution >= 0.6 is 15.9 Å². The Morgan fingerprint density at radius 1 is 1.39 bits per heavy atom. The Bertz CT molecular complexity index is 771. The quantitative estimate of drug-likeness (QED) is 0.836. The maximum Gasteiger partial charge on any atom is 0.239 e. The number of aryl methyl sites for hydroxylation is 2. The van der Waals surface area contributed by atoms with E-state index in [1.165, 1.54) is 0 Å². The SMILES string of the molecule is Cc1cc(NC(=O)C2CCN(c3cccc(Br)c3)C2=O)n(C)n1. The first-order valence-corrected chi connectivity index (χ1v) is 8.13. The van der Waals surface area contributed by atoms with Crippen LogP contribution in [0.3, 0.4) is 0 Å². The van der Waals surface area contributed by atoms with Gasteiger partial charge in [0.25, 0.3) is 0 Å². The van der Waals surface area contributed by atoms with E-state index in [-0.39, 0.29) is 11.8 Å². The zero-order chi connectivity index (χ0) is 16.6. The van der Waals surface area contributed by atoms with Crippen LogP contribution in [0.5, 0.6) is 0 Å². The minimum Gasteiger partial charge on any atom is -0.312 e. The zero-order valence-electron chi connectivity index (χ0n) is 12.9. The van der Waals surface area contributed by atoms with Crippen molar-refractivity contribution in [3.8, 4) is 0 Å². The van der Waals surface area contributed by atoms with Crippen LogP contribution in [-0.2, 0) is 16.6 Å². The van der Waals surface area contributed by atoms with Crippen LogP contribution in [0.2, 0.25) is 0 Å². The molecule has 2 heterocycles. The highest BCUT2D eigenvalue weighted by Gasteiger charge is 2.37. The molecule has 23 heavy (non-hydrogen) atoms. The number of anilines is 2. The number of nitrogens with one attached hydrogen (secondary N) is 1. The van der Waals surface area contributed by atoms with Crippen LogP contribution in [-0.4, -0.2) is 28.1 Å². The van der Waals surface area contributed by atoms with Gasteiger partial charge in [0, 0.05) is 29.8 Å². The molecular weight excluding hydrogens is 360 g/mol. The molecule has 0 spiro atoms. The van der Waals surface area contributed by atoms with Gasteiger partial charge in [-0.15, -0.1) is 0 Å². The first kappa shape index (κ1) is 15.7. The third kappa shape index (κ3) is 3.14. The lowest BCUT2D eigenvalue weighted by molar-refractivity contribution is -0.129. The van der Waals surface area contributed by atoms with Crippen molar-refractivity contribution in [1.29, 1.82) is 0 Å². The van der Waals surface area contributed by atoms with E-state index in [4.69, 9.17) is 0 Å². The van der Waals surface area contributed by atoms with Crippen molar-refractivity contribution < 1.29 is 9.59 Å². The molecule has 1 saturated heterocycles. The lowest BCUT2D eigenvalue weighted by Gasteiger charge is -2.17. The third-order valence-electron chi connectivity index (χ3n) is 3.90. The number of nitrogens with zero attached hydrogens (tertiary/aromatic N) is 3. The van der Waals surface area contributed by atoms with Crippen molar-refractivity contribution in [3.05, 3.63) is 40.5 Å². The van der Waals surface area contributed by atoms with Crippen LogP contribution < -0.4 is 10.2 Å². The molecule has 3 rings (SSSR count). The maximum atomic E-state index is 12.6. The molecule has 1 atom stereocenters. The predicted molar refractivity (Wildman–Crippen MR) is 91.2 cm³/mol. The average Bonchev–Trinajstić information content (AvgIpc) is 3.01. The largest absolute Gasteiger partial charge is 0.312 e. The van der Waals surface area contributed by atoms with E-state index in [9.17, 15) is 9.59 Å². The van der Waals surface area contributed by atoms with E-state index in [1.807, 2.05) is 31.2 Å². The van der Waals surface area contributed by atoms with E-state index in [0.717, 1.165) is 15.9 Å². The van der Waals surface area contributed by atoms with Crippen molar-refractivity contribution in [2.75, 3.05) is 16.8 Å². The van der Waals surface area contributed by atoms with Gasteiger partial charge >= 0.3 is 0 Å². The van der Waals surface area contributed by atoms with Crippen LogP contribution in [0.15, 0.2) is 34.8 Å². The van der Waals surface area contributed by atoms with Crippen LogP contribution in [0, 0.1) is 12.8 Å². The average molecular weight is 377 g/mol. The molecule has 1 aliphatic rings. The van der Waals surface area contributed by atoms with Gasteiger partial charge in [0.1, 0.15) is 11.7 Å². The van der Waals surface area contributed by atoms with E-state index >= 15 is 0 Å². The standard InChI is InChI=1S/C16H17BrN4O2/c1-10-8-14(20(2)19-10)18-15(22)13-6-7-21(16(13)23)12-5-3-4-11(17)9-12/h3-5,8-9,13H,6-7H2,1-2H3,(H,18,22). The third-order valence-corrected chi connectivity index (χ3v) is 4.39. The fourth-order valence-electron chi connectivity index (χ4n) is 2.76. The van der Waals surface area contributed by atoms with E-state index in [2.05, 4.69) is 26.3 Å². The minimum atomic E-state index is -0.663. The van der Waals surface area contributed by atoms with Crippen molar-refractivity contribution in [1.82, 2.24) is 9.78 Å². The number of amides is 2. The van der Waals surface area contributed by atoms with Crippen molar-refractivity contribution >= 4 is 39.2 Å². The molecule has 6 nitrogen and oxygen atoms in total. The smallest absolute Gasteiger partial charge is 0.239 e. The summed E-state index contributed by atoms with van der Waals surface area (Å²) in [7, 11) is 1.76. The number of benzene rings is 1. The van der Waals surface area contributed by atoms with Gasteiger partial charge in [0.2, 0.25) is 11.8 Å². The topological polar surface area (TPSA) is 67.2 Å². The minimum absolute atomic E-state index is 0.167. The van der Waals surface area contributed by atoms with Gasteiger partial charge in [-0.05, 0) is 31.5 Å². The van der Waals surface area contributed by atoms with Crippen LogP contribution in [0.25, 0.3) is 0 Å². The number of hydrogen-bond acceptors (Lipinski definition) is 3. The Labute approximate surface area is 142 Å². The lowest BCUT2D eigenvalue weighted by atomic mass is 10.1. The molecule has 0 aliphatic carbocycles. The van der Waals surface area contributed by atoms with Crippen LogP contribution in [0.4, 0.5) is 11.5 Å². The van der Waals surface area contributed by atoms with Crippen LogP contribution in [0.1, 0.15) is 12.1 Å². The highest BCUT2D eigenvalue weighted by molar-refractivity contribution is 9.10. The molecular formula is C16H17BrN4O2. The van der Waals surface area contributed by atoms with Gasteiger partial charge in [0.05, 0.1) is 5.69 Å². The monoisotopic (exact) mass is 376 g/mol. The first-order chi connectivity index (χ1) is 11.0. The molecule has 2 amide bonds. The molecule has 0 radical (unpaired) electrons. The summed E-state index contributed by atoms with van der Waals surface area (Å²) < 4.78 is 2.50. The summed E-state index contributed by atoms with van der Waals surface area (Å²) in [5.41, 5.74) is 1.62. The van der Waals surface area contributed by atoms with Crippen molar-refractivity contribution in [3.63, 3.8) is 0 Å². The second-order valence-electron chi connectivity index (χ2n) is 5.59. The molecule has 1 aliphatic heterocycles. The second-order valence-corrected chi connectivity index (χ2v) is 6.51. The molecule has 120 valence electrons. The van der Waals surface area contributed by atoms with Gasteiger partial charge < -0.3 is 10.2 Å². The predicted octanol–water partition coefficient (Wildman–Crippen LogP) is 2.48. The fourth-order valence-corrected chi connectivity index (χ4v) is 3.15. The van der Waals surface area contributed by atoms with E-state index in [0.29, 0.717) is 18.8 Å². The summed E-state index contributed by atoms with van der Waals surface area (Å²) in [6.45, 7) is 2.39. The molecule has 7 heteroatoms. The van der Waals surface area contributed by atoms with Crippen molar-refractivity contribution in [2.24, 2.45) is 13.0 Å². The normalized spacial score (nSPS) is 17.6. The number of aromatic nitrogens is 2. The number of halogens is 1. The zero-order valence-corrected chi connectivity index (χ0v) is 14.5. The fraction of sp³-hybridized carbons (Fsp3) is 0.312. The summed E-state index contributed by atoms with van der Waals surface area (Å²) in [6.07, 6.45) is 0.508. The number of rotatable bonds is 3. The highest BCUT2D eigenvalue weighted by atomic mass is 79.9. The number of carbonyl (C=O) groups excluding carboxylic acids is 2. The number of carbonyl (C=O) groups is 2. The molecule has 0 bridgehead atoms. The highest BCUT2D eigenvalue weighted by Crippen LogP contribution is 2.28. The van der Waals surface area contributed by atoms with Gasteiger partial charge in [-0.2, -0.15) is 5.10 Å². The Morgan fingerprint density at radius 2 is 2.17 bits per heavy atom. The summed E-state index contributed by atoms with van der Waals surface area (Å²) >= 11 is 3.40. The molecule has 1 N–H and O–H groups in total.